The predicted molar refractivity (Wildman–Crippen MR) is 72.0 cm³/mol. The fourth-order valence-electron chi connectivity index (χ4n) is 3.61. The number of likely N-dealkylation sites (tertiary alicyclic amines) is 1. The van der Waals surface area contributed by atoms with E-state index in [2.05, 4.69) is 10.2 Å². The van der Waals surface area contributed by atoms with Crippen LogP contribution in [0.1, 0.15) is 38.5 Å². The van der Waals surface area contributed by atoms with Gasteiger partial charge in [0, 0.05) is 31.6 Å². The Bertz CT molecular complexity index is 322. The zero-order chi connectivity index (χ0) is 14.5. The lowest BCUT2D eigenvalue weighted by Crippen LogP contribution is -2.53. The average Bonchev–Trinajstić information content (AvgIpc) is 2.89. The number of aliphatic carboxylic acids is 1. The average molecular weight is 290 g/mol. The molecule has 0 amide bonds. The first-order chi connectivity index (χ1) is 9.54. The van der Waals surface area contributed by atoms with Gasteiger partial charge in [-0.1, -0.05) is 12.8 Å². The number of carboxylic acid groups (broad SMARTS) is 1. The van der Waals surface area contributed by atoms with Gasteiger partial charge in [-0.3, -0.25) is 9.69 Å². The van der Waals surface area contributed by atoms with Crippen molar-refractivity contribution in [3.05, 3.63) is 0 Å². The van der Waals surface area contributed by atoms with Gasteiger partial charge in [-0.05, 0) is 25.2 Å². The normalized spacial score (nSPS) is 29.1. The van der Waals surface area contributed by atoms with Crippen LogP contribution in [-0.4, -0.2) is 54.1 Å². The summed E-state index contributed by atoms with van der Waals surface area (Å²) < 4.78 is 24.6. The Hall–Kier alpha value is -0.750. The van der Waals surface area contributed by atoms with Crippen LogP contribution in [0.2, 0.25) is 0 Å². The van der Waals surface area contributed by atoms with E-state index in [9.17, 15) is 13.6 Å². The van der Waals surface area contributed by atoms with Gasteiger partial charge in [0.1, 0.15) is 0 Å². The summed E-state index contributed by atoms with van der Waals surface area (Å²) in [6.45, 7) is 1.26. The maximum atomic E-state index is 12.3. The predicted octanol–water partition coefficient (Wildman–Crippen LogP) is 1.95. The summed E-state index contributed by atoms with van der Waals surface area (Å²) in [6, 6.07) is 0.505. The lowest BCUT2D eigenvalue weighted by Gasteiger charge is -2.41. The molecule has 2 N–H and O–H groups in total. The van der Waals surface area contributed by atoms with Crippen molar-refractivity contribution < 1.29 is 18.7 Å². The third-order valence-electron chi connectivity index (χ3n) is 4.43. The molecule has 0 radical (unpaired) electrons. The molecule has 0 aromatic heterocycles. The molecule has 4 nitrogen and oxygen atoms in total. The van der Waals surface area contributed by atoms with Gasteiger partial charge >= 0.3 is 5.97 Å². The van der Waals surface area contributed by atoms with Crippen molar-refractivity contribution in [1.82, 2.24) is 10.2 Å². The first-order valence-electron chi connectivity index (χ1n) is 7.52. The summed E-state index contributed by atoms with van der Waals surface area (Å²) in [4.78, 5) is 13.2. The maximum absolute atomic E-state index is 12.3. The van der Waals surface area contributed by atoms with Gasteiger partial charge in [-0.25, -0.2) is 8.78 Å². The Morgan fingerprint density at radius 1 is 1.30 bits per heavy atom. The molecule has 6 heteroatoms. The number of carboxylic acids is 1. The van der Waals surface area contributed by atoms with Gasteiger partial charge in [0.25, 0.3) is 6.43 Å². The second kappa shape index (κ2) is 7.31. The van der Waals surface area contributed by atoms with Crippen LogP contribution < -0.4 is 5.32 Å². The molecule has 0 spiro atoms. The van der Waals surface area contributed by atoms with E-state index in [4.69, 9.17) is 5.11 Å². The molecule has 20 heavy (non-hydrogen) atoms. The molecule has 1 heterocycles. The van der Waals surface area contributed by atoms with Crippen LogP contribution in [0.5, 0.6) is 0 Å². The highest BCUT2D eigenvalue weighted by molar-refractivity contribution is 5.67. The number of hydrogen-bond acceptors (Lipinski definition) is 3. The topological polar surface area (TPSA) is 52.6 Å². The van der Waals surface area contributed by atoms with Gasteiger partial charge in [0.15, 0.2) is 0 Å². The number of carbonyl (C=O) groups is 1. The second-order valence-electron chi connectivity index (χ2n) is 6.09. The van der Waals surface area contributed by atoms with Crippen molar-refractivity contribution in [1.29, 1.82) is 0 Å². The van der Waals surface area contributed by atoms with Gasteiger partial charge in [-0.2, -0.15) is 0 Å². The van der Waals surface area contributed by atoms with Crippen molar-refractivity contribution in [3.8, 4) is 0 Å². The molecular weight excluding hydrogens is 266 g/mol. The fourth-order valence-corrected chi connectivity index (χ4v) is 3.61. The summed E-state index contributed by atoms with van der Waals surface area (Å²) in [6.07, 6.45) is 3.22. The van der Waals surface area contributed by atoms with E-state index < -0.39 is 12.4 Å². The van der Waals surface area contributed by atoms with E-state index in [0.717, 1.165) is 25.9 Å². The number of nitrogens with one attached hydrogen (secondary N) is 1. The summed E-state index contributed by atoms with van der Waals surface area (Å²) in [5.74, 6) is -0.729. The van der Waals surface area contributed by atoms with E-state index in [1.54, 1.807) is 0 Å². The molecule has 2 fully saturated rings. The molecule has 116 valence electrons. The number of nitrogens with zero attached hydrogens (tertiary/aromatic N) is 1. The van der Waals surface area contributed by atoms with E-state index >= 15 is 0 Å². The van der Waals surface area contributed by atoms with Crippen molar-refractivity contribution in [2.75, 3.05) is 19.6 Å². The fraction of sp³-hybridized carbons (Fsp3) is 0.929. The maximum Gasteiger partial charge on any atom is 0.303 e. The molecule has 2 unspecified atom stereocenters. The lowest BCUT2D eigenvalue weighted by molar-refractivity contribution is -0.138. The van der Waals surface area contributed by atoms with Gasteiger partial charge < -0.3 is 10.4 Å². The SMILES string of the molecule is O=C(O)CC1CC(NCC(F)F)CN(C2CCCC2)C1. The van der Waals surface area contributed by atoms with Gasteiger partial charge in [0.2, 0.25) is 0 Å². The minimum Gasteiger partial charge on any atom is -0.481 e. The minimum absolute atomic E-state index is 0.0114. The number of alkyl halides is 2. The Kier molecular flexibility index (Phi) is 5.72. The van der Waals surface area contributed by atoms with E-state index in [-0.39, 0.29) is 24.9 Å². The number of piperidine rings is 1. The van der Waals surface area contributed by atoms with Crippen LogP contribution in [0.25, 0.3) is 0 Å². The Morgan fingerprint density at radius 3 is 2.60 bits per heavy atom. The zero-order valence-electron chi connectivity index (χ0n) is 11.7. The highest BCUT2D eigenvalue weighted by Crippen LogP contribution is 2.29. The van der Waals surface area contributed by atoms with E-state index in [1.807, 2.05) is 0 Å². The number of rotatable bonds is 6. The highest BCUT2D eigenvalue weighted by Gasteiger charge is 2.33. The molecule has 1 aliphatic carbocycles. The van der Waals surface area contributed by atoms with Crippen LogP contribution in [0.3, 0.4) is 0 Å². The van der Waals surface area contributed by atoms with Crippen LogP contribution in [0, 0.1) is 5.92 Å². The van der Waals surface area contributed by atoms with Crippen LogP contribution in [0.4, 0.5) is 8.78 Å². The van der Waals surface area contributed by atoms with Crippen LogP contribution in [0.15, 0.2) is 0 Å². The smallest absolute Gasteiger partial charge is 0.303 e. The lowest BCUT2D eigenvalue weighted by atomic mass is 9.90. The zero-order valence-corrected chi connectivity index (χ0v) is 11.7. The number of halogens is 2. The molecule has 2 rings (SSSR count). The van der Waals surface area contributed by atoms with Gasteiger partial charge in [0.05, 0.1) is 6.54 Å². The Morgan fingerprint density at radius 2 is 2.00 bits per heavy atom. The molecule has 0 aromatic carbocycles. The molecule has 1 saturated carbocycles. The largest absolute Gasteiger partial charge is 0.481 e. The second-order valence-corrected chi connectivity index (χ2v) is 6.09. The van der Waals surface area contributed by atoms with Crippen LogP contribution >= 0.6 is 0 Å². The van der Waals surface area contributed by atoms with Gasteiger partial charge in [-0.15, -0.1) is 0 Å². The quantitative estimate of drug-likeness (QED) is 0.785. The van der Waals surface area contributed by atoms with E-state index in [1.165, 1.54) is 12.8 Å². The Labute approximate surface area is 118 Å². The van der Waals surface area contributed by atoms with Crippen molar-refractivity contribution >= 4 is 5.97 Å². The monoisotopic (exact) mass is 290 g/mol. The molecule has 2 atom stereocenters. The van der Waals surface area contributed by atoms with E-state index in [0.29, 0.717) is 12.5 Å². The van der Waals surface area contributed by atoms with Crippen molar-refractivity contribution in [3.63, 3.8) is 0 Å². The molecule has 1 aliphatic heterocycles. The van der Waals surface area contributed by atoms with Crippen LogP contribution in [-0.2, 0) is 4.79 Å². The summed E-state index contributed by atoms with van der Waals surface area (Å²) in [5, 5.41) is 11.9. The first kappa shape index (κ1) is 15.6. The first-order valence-corrected chi connectivity index (χ1v) is 7.52. The summed E-state index contributed by atoms with van der Waals surface area (Å²) in [5.41, 5.74) is 0. The number of hydrogen-bond donors (Lipinski definition) is 2. The third-order valence-corrected chi connectivity index (χ3v) is 4.43. The Balaban J connectivity index is 1.92. The molecule has 0 aromatic rings. The highest BCUT2D eigenvalue weighted by atomic mass is 19.3. The molecule has 1 saturated heterocycles. The van der Waals surface area contributed by atoms with Crippen molar-refractivity contribution in [2.45, 2.75) is 57.0 Å². The summed E-state index contributed by atoms with van der Waals surface area (Å²) >= 11 is 0. The van der Waals surface area contributed by atoms with Crippen molar-refractivity contribution in [2.24, 2.45) is 5.92 Å². The standard InChI is InChI=1S/C14H24F2N2O2/c15-13(16)7-17-11-5-10(6-14(19)20)8-18(9-11)12-3-1-2-4-12/h10-13,17H,1-9H2,(H,19,20). The molecule has 0 bridgehead atoms. The summed E-state index contributed by atoms with van der Waals surface area (Å²) in [7, 11) is 0. The molecule has 2 aliphatic rings. The third kappa shape index (κ3) is 4.66. The molecular formula is C14H24F2N2O2. The minimum atomic E-state index is -2.35.